The van der Waals surface area contributed by atoms with Crippen LogP contribution in [0.4, 0.5) is 0 Å². The molecular weight excluding hydrogens is 217 g/mol. The van der Waals surface area contributed by atoms with Gasteiger partial charge in [-0.25, -0.2) is 0 Å². The first-order chi connectivity index (χ1) is 5.72. The molecule has 0 aliphatic rings. The third-order valence-electron chi connectivity index (χ3n) is 1.21. The summed E-state index contributed by atoms with van der Waals surface area (Å²) in [5.41, 5.74) is 5.05. The molecule has 1 aromatic rings. The SMILES string of the molecule is NCC(=O)Oc1ccc(Cl)cc1.[KH]. The summed E-state index contributed by atoms with van der Waals surface area (Å²) < 4.78 is 4.80. The molecular formula is C8H9ClKNO2. The second-order valence-electron chi connectivity index (χ2n) is 2.13. The topological polar surface area (TPSA) is 52.3 Å². The number of ether oxygens (including phenoxy) is 1. The number of rotatable bonds is 2. The zero-order valence-corrected chi connectivity index (χ0v) is 7.04. The Hall–Kier alpha value is 0.576. The molecule has 0 amide bonds. The molecule has 0 atom stereocenters. The van der Waals surface area contributed by atoms with Crippen molar-refractivity contribution in [2.45, 2.75) is 0 Å². The number of hydrogen-bond acceptors (Lipinski definition) is 3. The average molecular weight is 226 g/mol. The first kappa shape index (κ1) is 13.6. The van der Waals surface area contributed by atoms with Crippen LogP contribution in [0, 0.1) is 0 Å². The van der Waals surface area contributed by atoms with E-state index in [1.807, 2.05) is 0 Å². The molecule has 0 aliphatic heterocycles. The summed E-state index contributed by atoms with van der Waals surface area (Å²) in [4.78, 5) is 10.7. The number of hydrogen-bond donors (Lipinski definition) is 1. The minimum absolute atomic E-state index is 0. The molecule has 0 fully saturated rings. The third-order valence-corrected chi connectivity index (χ3v) is 1.46. The Morgan fingerprint density at radius 1 is 1.38 bits per heavy atom. The van der Waals surface area contributed by atoms with Crippen molar-refractivity contribution >= 4 is 69.0 Å². The van der Waals surface area contributed by atoms with Crippen LogP contribution in [0.15, 0.2) is 24.3 Å². The maximum atomic E-state index is 10.7. The van der Waals surface area contributed by atoms with E-state index < -0.39 is 5.97 Å². The van der Waals surface area contributed by atoms with Gasteiger partial charge in [-0.2, -0.15) is 0 Å². The average Bonchev–Trinajstić information content (AvgIpc) is 2.09. The van der Waals surface area contributed by atoms with Crippen molar-refractivity contribution in [3.8, 4) is 5.75 Å². The standard InChI is InChI=1S/C8H8ClNO2.K.H/c9-6-1-3-7(4-2-6)12-8(11)5-10;;/h1-4H,5,10H2;;. The molecule has 0 unspecified atom stereocenters. The number of esters is 1. The van der Waals surface area contributed by atoms with Gasteiger partial charge in [0.2, 0.25) is 0 Å². The van der Waals surface area contributed by atoms with Crippen LogP contribution in [0.1, 0.15) is 0 Å². The second-order valence-corrected chi connectivity index (χ2v) is 2.57. The first-order valence-corrected chi connectivity index (χ1v) is 3.76. The van der Waals surface area contributed by atoms with Crippen molar-refractivity contribution < 1.29 is 9.53 Å². The third kappa shape index (κ3) is 5.12. The molecule has 0 saturated carbocycles. The van der Waals surface area contributed by atoms with Crippen LogP contribution in [-0.2, 0) is 4.79 Å². The van der Waals surface area contributed by atoms with Crippen LogP contribution in [0.3, 0.4) is 0 Å². The first-order valence-electron chi connectivity index (χ1n) is 3.38. The van der Waals surface area contributed by atoms with E-state index in [1.165, 1.54) is 0 Å². The van der Waals surface area contributed by atoms with Gasteiger partial charge in [0.15, 0.2) is 0 Å². The van der Waals surface area contributed by atoms with E-state index >= 15 is 0 Å². The summed E-state index contributed by atoms with van der Waals surface area (Å²) in [5.74, 6) is -0.00725. The Morgan fingerprint density at radius 3 is 2.38 bits per heavy atom. The number of nitrogens with two attached hydrogens (primary N) is 1. The van der Waals surface area contributed by atoms with Crippen molar-refractivity contribution in [2.75, 3.05) is 6.54 Å². The van der Waals surface area contributed by atoms with Crippen LogP contribution in [-0.4, -0.2) is 63.9 Å². The molecule has 13 heavy (non-hydrogen) atoms. The zero-order valence-electron chi connectivity index (χ0n) is 6.29. The summed E-state index contributed by atoms with van der Waals surface area (Å²) in [7, 11) is 0. The predicted octanol–water partition coefficient (Wildman–Crippen LogP) is 0.556. The molecule has 5 heteroatoms. The van der Waals surface area contributed by atoms with Crippen LogP contribution in [0.25, 0.3) is 0 Å². The monoisotopic (exact) mass is 225 g/mol. The number of halogens is 1. The number of benzene rings is 1. The minimum atomic E-state index is -0.461. The van der Waals surface area contributed by atoms with Gasteiger partial charge < -0.3 is 10.5 Å². The zero-order chi connectivity index (χ0) is 8.97. The van der Waals surface area contributed by atoms with E-state index in [0.717, 1.165) is 0 Å². The molecule has 0 bridgehead atoms. The summed E-state index contributed by atoms with van der Waals surface area (Å²) >= 11 is 5.62. The van der Waals surface area contributed by atoms with Crippen molar-refractivity contribution in [2.24, 2.45) is 5.73 Å². The van der Waals surface area contributed by atoms with E-state index in [-0.39, 0.29) is 57.9 Å². The normalized spacial score (nSPS) is 8.77. The van der Waals surface area contributed by atoms with E-state index in [2.05, 4.69) is 0 Å². The summed E-state index contributed by atoms with van der Waals surface area (Å²) in [6.45, 7) is -0.122. The molecule has 0 radical (unpaired) electrons. The van der Waals surface area contributed by atoms with Gasteiger partial charge in [0.1, 0.15) is 5.75 Å². The molecule has 1 aromatic carbocycles. The molecule has 1 rings (SSSR count). The van der Waals surface area contributed by atoms with Crippen molar-refractivity contribution in [3.05, 3.63) is 29.3 Å². The van der Waals surface area contributed by atoms with Crippen LogP contribution < -0.4 is 10.5 Å². The fourth-order valence-electron chi connectivity index (χ4n) is 0.676. The fourth-order valence-corrected chi connectivity index (χ4v) is 0.802. The number of carbonyl (C=O) groups is 1. The van der Waals surface area contributed by atoms with Crippen molar-refractivity contribution in [1.82, 2.24) is 0 Å². The van der Waals surface area contributed by atoms with Crippen LogP contribution >= 0.6 is 11.6 Å². The van der Waals surface area contributed by atoms with Gasteiger partial charge >= 0.3 is 57.4 Å². The number of carbonyl (C=O) groups excluding carboxylic acids is 1. The molecule has 66 valence electrons. The summed E-state index contributed by atoms with van der Waals surface area (Å²) in [6, 6.07) is 6.49. The maximum absolute atomic E-state index is 10.7. The molecule has 3 nitrogen and oxygen atoms in total. The van der Waals surface area contributed by atoms with Gasteiger partial charge in [0.05, 0.1) is 6.54 Å². The van der Waals surface area contributed by atoms with Gasteiger partial charge in [-0.05, 0) is 24.3 Å². The molecule has 2 N–H and O–H groups in total. The van der Waals surface area contributed by atoms with E-state index in [9.17, 15) is 4.79 Å². The molecule has 0 saturated heterocycles. The Labute approximate surface area is 124 Å². The molecule has 0 aromatic heterocycles. The quantitative estimate of drug-likeness (QED) is 0.455. The van der Waals surface area contributed by atoms with Crippen molar-refractivity contribution in [3.63, 3.8) is 0 Å². The Bertz CT molecular complexity index is 276. The summed E-state index contributed by atoms with van der Waals surface area (Å²) in [5, 5.41) is 0.600. The Balaban J connectivity index is 0.00000144. The Kier molecular flexibility index (Phi) is 7.25. The van der Waals surface area contributed by atoms with Gasteiger partial charge in [0.25, 0.3) is 0 Å². The van der Waals surface area contributed by atoms with Crippen LogP contribution in [0.2, 0.25) is 5.02 Å². The second kappa shape index (κ2) is 6.95. The Morgan fingerprint density at radius 2 is 1.92 bits per heavy atom. The van der Waals surface area contributed by atoms with Crippen LogP contribution in [0.5, 0.6) is 5.75 Å². The summed E-state index contributed by atoms with van der Waals surface area (Å²) in [6.07, 6.45) is 0. The molecule has 0 heterocycles. The predicted molar refractivity (Wildman–Crippen MR) is 53.3 cm³/mol. The van der Waals surface area contributed by atoms with E-state index in [1.54, 1.807) is 24.3 Å². The van der Waals surface area contributed by atoms with Gasteiger partial charge in [-0.15, -0.1) is 0 Å². The molecule has 0 aliphatic carbocycles. The van der Waals surface area contributed by atoms with E-state index in [4.69, 9.17) is 22.1 Å². The van der Waals surface area contributed by atoms with Crippen molar-refractivity contribution in [1.29, 1.82) is 0 Å². The fraction of sp³-hybridized carbons (Fsp3) is 0.125. The van der Waals surface area contributed by atoms with E-state index in [0.29, 0.717) is 10.8 Å². The van der Waals surface area contributed by atoms with Gasteiger partial charge in [-0.1, -0.05) is 11.6 Å². The van der Waals surface area contributed by atoms with Gasteiger partial charge in [0, 0.05) is 5.02 Å². The molecule has 0 spiro atoms. The van der Waals surface area contributed by atoms with Gasteiger partial charge in [-0.3, -0.25) is 4.79 Å².